The van der Waals surface area contributed by atoms with Crippen LogP contribution in [0.3, 0.4) is 0 Å². The number of hydrogen-bond donors (Lipinski definition) is 3. The van der Waals surface area contributed by atoms with Crippen LogP contribution in [-0.4, -0.2) is 44.3 Å². The maximum absolute atomic E-state index is 10.6. The van der Waals surface area contributed by atoms with Gasteiger partial charge in [-0.05, 0) is 74.8 Å². The molecule has 3 N–H and O–H groups in total. The lowest BCUT2D eigenvalue weighted by molar-refractivity contribution is -0.385. The lowest BCUT2D eigenvalue weighted by Gasteiger charge is -2.04. The van der Waals surface area contributed by atoms with Crippen molar-refractivity contribution < 1.29 is 24.6 Å². The van der Waals surface area contributed by atoms with Crippen LogP contribution in [0.15, 0.2) is 121 Å². The van der Waals surface area contributed by atoms with Crippen molar-refractivity contribution in [3.63, 3.8) is 0 Å². The SMILES string of the molecule is CCCCCCCc1cccc([N+](=O)[O-])c1.CCCCCNc1cccc([N+](=O)[O-])c1.CCCCCc1cccc([N+](=O)[O-])c1.CCCNc1cccc([N+](=O)[O-])c1.CCNc1cccc([N+](=O)[O-])c1. The predicted octanol–water partition coefficient (Wildman–Crippen LogP) is 15.1. The van der Waals surface area contributed by atoms with Crippen LogP contribution in [0.25, 0.3) is 0 Å². The minimum atomic E-state index is -0.402. The number of nitro benzene ring substituents is 5. The quantitative estimate of drug-likeness (QED) is 0.0280. The minimum absolute atomic E-state index is 0.119. The third-order valence-electron chi connectivity index (χ3n) is 10.1. The summed E-state index contributed by atoms with van der Waals surface area (Å²) in [5.41, 5.74) is 5.32. The molecule has 18 heteroatoms. The summed E-state index contributed by atoms with van der Waals surface area (Å²) in [7, 11) is 0. The van der Waals surface area contributed by atoms with Gasteiger partial charge in [-0.15, -0.1) is 0 Å². The molecule has 0 fully saturated rings. The minimum Gasteiger partial charge on any atom is -0.385 e. The largest absolute Gasteiger partial charge is 0.385 e. The van der Waals surface area contributed by atoms with E-state index in [1.807, 2.05) is 38.1 Å². The third-order valence-corrected chi connectivity index (χ3v) is 10.1. The molecule has 0 aliphatic heterocycles. The summed E-state index contributed by atoms with van der Waals surface area (Å²) in [6.45, 7) is 12.9. The molecule has 0 radical (unpaired) electrons. The topological polar surface area (TPSA) is 252 Å². The highest BCUT2D eigenvalue weighted by molar-refractivity contribution is 5.52. The van der Waals surface area contributed by atoms with Crippen molar-refractivity contribution in [1.82, 2.24) is 0 Å². The summed E-state index contributed by atoms with van der Waals surface area (Å²) in [6.07, 6.45) is 16.0. The van der Waals surface area contributed by atoms with E-state index < -0.39 is 9.85 Å². The lowest BCUT2D eigenvalue weighted by atomic mass is 10.1. The second-order valence-electron chi connectivity index (χ2n) is 16.0. The van der Waals surface area contributed by atoms with Gasteiger partial charge in [0, 0.05) is 97.4 Å². The summed E-state index contributed by atoms with van der Waals surface area (Å²) < 4.78 is 0. The van der Waals surface area contributed by atoms with Crippen LogP contribution in [0.2, 0.25) is 0 Å². The summed E-state index contributed by atoms with van der Waals surface area (Å²) in [4.78, 5) is 50.5. The molecule has 0 aliphatic carbocycles. The summed E-state index contributed by atoms with van der Waals surface area (Å²) in [5.74, 6) is 0. The molecule has 0 aliphatic rings. The van der Waals surface area contributed by atoms with Crippen molar-refractivity contribution in [3.05, 3.63) is 183 Å². The van der Waals surface area contributed by atoms with Gasteiger partial charge in [0.05, 0.1) is 24.6 Å². The molecule has 18 nitrogen and oxygen atoms in total. The Labute approximate surface area is 412 Å². The van der Waals surface area contributed by atoms with Gasteiger partial charge in [0.25, 0.3) is 28.4 Å². The van der Waals surface area contributed by atoms with E-state index in [4.69, 9.17) is 0 Å². The Morgan fingerprint density at radius 2 is 0.657 bits per heavy atom. The second-order valence-corrected chi connectivity index (χ2v) is 16.0. The molecule has 70 heavy (non-hydrogen) atoms. The van der Waals surface area contributed by atoms with Gasteiger partial charge in [-0.3, -0.25) is 50.6 Å². The Bertz CT molecular complexity index is 2300. The van der Waals surface area contributed by atoms with E-state index in [0.717, 1.165) is 86.3 Å². The zero-order valence-electron chi connectivity index (χ0n) is 41.4. The van der Waals surface area contributed by atoms with Gasteiger partial charge < -0.3 is 16.0 Å². The smallest absolute Gasteiger partial charge is 0.271 e. The monoisotopic (exact) mass is 969 g/mol. The average molecular weight is 969 g/mol. The van der Waals surface area contributed by atoms with E-state index in [0.29, 0.717) is 0 Å². The number of hydrogen-bond acceptors (Lipinski definition) is 13. The van der Waals surface area contributed by atoms with Gasteiger partial charge in [-0.1, -0.05) is 122 Å². The van der Waals surface area contributed by atoms with Crippen molar-refractivity contribution in [2.45, 2.75) is 125 Å². The highest BCUT2D eigenvalue weighted by Gasteiger charge is 2.08. The Morgan fingerprint density at radius 1 is 0.343 bits per heavy atom. The number of nitrogens with zero attached hydrogens (tertiary/aromatic N) is 5. The van der Waals surface area contributed by atoms with Gasteiger partial charge in [-0.2, -0.15) is 0 Å². The highest BCUT2D eigenvalue weighted by Crippen LogP contribution is 2.20. The molecule has 0 bridgehead atoms. The van der Waals surface area contributed by atoms with E-state index in [1.165, 1.54) is 87.8 Å². The molecule has 5 aromatic rings. The van der Waals surface area contributed by atoms with Crippen molar-refractivity contribution in [3.8, 4) is 0 Å². The number of aryl methyl sites for hydroxylation is 2. The van der Waals surface area contributed by atoms with E-state index in [1.54, 1.807) is 60.7 Å². The van der Waals surface area contributed by atoms with Crippen LogP contribution in [-0.2, 0) is 12.8 Å². The van der Waals surface area contributed by atoms with Crippen molar-refractivity contribution >= 4 is 45.5 Å². The Hall–Kier alpha value is -7.50. The van der Waals surface area contributed by atoms with Crippen LogP contribution >= 0.6 is 0 Å². The van der Waals surface area contributed by atoms with E-state index in [9.17, 15) is 50.6 Å². The van der Waals surface area contributed by atoms with Crippen LogP contribution in [0.1, 0.15) is 123 Å². The normalized spacial score (nSPS) is 9.90. The molecule has 0 saturated carbocycles. The fourth-order valence-electron chi connectivity index (χ4n) is 6.43. The molecule has 380 valence electrons. The Balaban J connectivity index is 0.000000439. The maximum Gasteiger partial charge on any atom is 0.271 e. The van der Waals surface area contributed by atoms with Crippen molar-refractivity contribution in [2.75, 3.05) is 35.6 Å². The first-order valence-electron chi connectivity index (χ1n) is 24.1. The van der Waals surface area contributed by atoms with Crippen molar-refractivity contribution in [1.29, 1.82) is 0 Å². The van der Waals surface area contributed by atoms with Crippen LogP contribution < -0.4 is 16.0 Å². The number of anilines is 3. The molecular formula is C52H72N8O10. The first-order valence-corrected chi connectivity index (χ1v) is 24.1. The molecule has 0 spiro atoms. The number of nitro groups is 5. The van der Waals surface area contributed by atoms with Gasteiger partial charge in [-0.25, -0.2) is 0 Å². The third kappa shape index (κ3) is 28.0. The standard InChI is InChI=1S/C13H19NO2.C11H16N2O2.C11H15NO2.C9H12N2O2.C8H10N2O2/c1-2-3-4-5-6-8-12-9-7-10-13(11-12)14(15)16;1-2-3-4-8-12-10-6-5-7-11(9-10)13(14)15;1-2-3-4-6-10-7-5-8-11(9-10)12(13)14;1-2-6-10-8-4-3-5-9(7-8)11(12)13;1-2-9-7-4-3-5-8(6-7)10(11)12/h7,9-11H,2-6,8H2,1H3;5-7,9,12H,2-4,8H2,1H3;5,7-9H,2-4,6H2,1H3;3-5,7,10H,2,6H2,1H3;3-6,9H,2H2,1H3. The van der Waals surface area contributed by atoms with Crippen molar-refractivity contribution in [2.24, 2.45) is 0 Å². The first kappa shape index (κ1) is 60.5. The van der Waals surface area contributed by atoms with Gasteiger partial charge in [0.1, 0.15) is 0 Å². The maximum atomic E-state index is 10.6. The molecule has 0 amide bonds. The lowest BCUT2D eigenvalue weighted by Crippen LogP contribution is -2.01. The number of rotatable bonds is 25. The molecule has 0 atom stereocenters. The van der Waals surface area contributed by atoms with Gasteiger partial charge in [0.2, 0.25) is 0 Å². The fraction of sp³-hybridized carbons (Fsp3) is 0.423. The second kappa shape index (κ2) is 37.5. The van der Waals surface area contributed by atoms with Gasteiger partial charge in [0.15, 0.2) is 0 Å². The molecule has 0 aromatic heterocycles. The molecular weight excluding hydrogens is 897 g/mol. The predicted molar refractivity (Wildman–Crippen MR) is 282 cm³/mol. The number of non-ortho nitro benzene ring substituents is 5. The Morgan fingerprint density at radius 3 is 1.03 bits per heavy atom. The number of unbranched alkanes of at least 4 members (excludes halogenated alkanes) is 8. The zero-order valence-corrected chi connectivity index (χ0v) is 41.4. The Kier molecular flexibility index (Phi) is 32.4. The summed E-state index contributed by atoms with van der Waals surface area (Å²) in [6, 6.07) is 33.4. The van der Waals surface area contributed by atoms with Gasteiger partial charge >= 0.3 is 0 Å². The van der Waals surface area contributed by atoms with E-state index in [2.05, 4.69) is 36.7 Å². The molecule has 0 saturated heterocycles. The highest BCUT2D eigenvalue weighted by atomic mass is 16.6. The molecule has 0 heterocycles. The summed E-state index contributed by atoms with van der Waals surface area (Å²) in [5, 5.41) is 61.6. The average Bonchev–Trinajstić information content (AvgIpc) is 3.36. The zero-order chi connectivity index (χ0) is 51.9. The molecule has 0 unspecified atom stereocenters. The van der Waals surface area contributed by atoms with E-state index >= 15 is 0 Å². The van der Waals surface area contributed by atoms with Crippen LogP contribution in [0.4, 0.5) is 45.5 Å². The number of nitrogens with one attached hydrogen (secondary N) is 3. The molecule has 5 aromatic carbocycles. The summed E-state index contributed by atoms with van der Waals surface area (Å²) >= 11 is 0. The molecule has 5 rings (SSSR count). The van der Waals surface area contributed by atoms with Crippen LogP contribution in [0.5, 0.6) is 0 Å². The van der Waals surface area contributed by atoms with E-state index in [-0.39, 0.29) is 43.2 Å². The number of benzene rings is 5. The fourth-order valence-corrected chi connectivity index (χ4v) is 6.43. The first-order chi connectivity index (χ1) is 33.7. The van der Waals surface area contributed by atoms with Crippen LogP contribution in [0, 0.1) is 50.6 Å².